The molecular formula is C7H15N3O2. The number of nitrogens with two attached hydrogens (primary N) is 2. The van der Waals surface area contributed by atoms with E-state index in [2.05, 4.69) is 0 Å². The summed E-state index contributed by atoms with van der Waals surface area (Å²) >= 11 is 0. The minimum atomic E-state index is -0.618. The molecule has 4 N–H and O–H groups in total. The molecule has 0 heterocycles. The fourth-order valence-electron chi connectivity index (χ4n) is 0.753. The van der Waals surface area contributed by atoms with E-state index in [0.29, 0.717) is 6.42 Å². The molecule has 0 unspecified atom stereocenters. The van der Waals surface area contributed by atoms with E-state index >= 15 is 0 Å². The first-order valence-electron chi connectivity index (χ1n) is 3.70. The Hall–Kier alpha value is -1.10. The molecule has 0 aromatic carbocycles. The molecule has 0 saturated carbocycles. The zero-order valence-electron chi connectivity index (χ0n) is 7.41. The molecule has 0 aliphatic heterocycles. The van der Waals surface area contributed by atoms with Gasteiger partial charge in [-0.2, -0.15) is 0 Å². The highest BCUT2D eigenvalue weighted by Crippen LogP contribution is 1.96. The number of nitrogens with zero attached hydrogens (tertiary/aromatic N) is 1. The van der Waals surface area contributed by atoms with E-state index in [0.717, 1.165) is 0 Å². The molecule has 0 aliphatic carbocycles. The summed E-state index contributed by atoms with van der Waals surface area (Å²) in [6.07, 6.45) is 0.465. The second kappa shape index (κ2) is 4.71. The van der Waals surface area contributed by atoms with Gasteiger partial charge in [0.2, 0.25) is 11.8 Å². The standard InChI is InChI=1S/C7H15N3O2/c1-10(2)7(12)5(8)3-4-6(9)11/h5H,3-4,8H2,1-2H3,(H2,9,11)/t5-/m1/s1. The molecule has 0 fully saturated rings. The van der Waals surface area contributed by atoms with Gasteiger partial charge >= 0.3 is 0 Å². The Labute approximate surface area is 71.7 Å². The highest BCUT2D eigenvalue weighted by atomic mass is 16.2. The van der Waals surface area contributed by atoms with Crippen molar-refractivity contribution in [2.75, 3.05) is 14.1 Å². The summed E-state index contributed by atoms with van der Waals surface area (Å²) in [5.74, 6) is -0.617. The van der Waals surface area contributed by atoms with Crippen molar-refractivity contribution in [2.45, 2.75) is 18.9 Å². The maximum atomic E-state index is 11.1. The van der Waals surface area contributed by atoms with Crippen molar-refractivity contribution in [2.24, 2.45) is 11.5 Å². The third-order valence-corrected chi connectivity index (χ3v) is 1.46. The van der Waals surface area contributed by atoms with E-state index < -0.39 is 11.9 Å². The highest BCUT2D eigenvalue weighted by molar-refractivity contribution is 5.82. The molecule has 0 bridgehead atoms. The van der Waals surface area contributed by atoms with Gasteiger partial charge in [0.1, 0.15) is 0 Å². The highest BCUT2D eigenvalue weighted by Gasteiger charge is 2.15. The number of carbonyl (C=O) groups excluding carboxylic acids is 2. The lowest BCUT2D eigenvalue weighted by atomic mass is 10.1. The van der Waals surface area contributed by atoms with Gasteiger partial charge < -0.3 is 16.4 Å². The molecule has 5 nitrogen and oxygen atoms in total. The Kier molecular flexibility index (Phi) is 4.28. The monoisotopic (exact) mass is 173 g/mol. The predicted molar refractivity (Wildman–Crippen MR) is 45.1 cm³/mol. The number of likely N-dealkylation sites (N-methyl/N-ethyl adjacent to an activating group) is 1. The summed E-state index contributed by atoms with van der Waals surface area (Å²) in [6.45, 7) is 0. The predicted octanol–water partition coefficient (Wildman–Crippen LogP) is -1.33. The van der Waals surface area contributed by atoms with Crippen LogP contribution in [0.5, 0.6) is 0 Å². The van der Waals surface area contributed by atoms with Crippen LogP contribution < -0.4 is 11.5 Å². The maximum Gasteiger partial charge on any atom is 0.238 e. The van der Waals surface area contributed by atoms with Crippen molar-refractivity contribution in [1.82, 2.24) is 4.90 Å². The Bertz CT molecular complexity index is 179. The summed E-state index contributed by atoms with van der Waals surface area (Å²) in [5, 5.41) is 0. The second-order valence-corrected chi connectivity index (χ2v) is 2.84. The van der Waals surface area contributed by atoms with Gasteiger partial charge in [-0.3, -0.25) is 9.59 Å². The third-order valence-electron chi connectivity index (χ3n) is 1.46. The van der Waals surface area contributed by atoms with Crippen molar-refractivity contribution in [1.29, 1.82) is 0 Å². The topological polar surface area (TPSA) is 89.4 Å². The number of carbonyl (C=O) groups is 2. The lowest BCUT2D eigenvalue weighted by Crippen LogP contribution is -2.40. The van der Waals surface area contributed by atoms with E-state index in [1.54, 1.807) is 14.1 Å². The van der Waals surface area contributed by atoms with Gasteiger partial charge in [0.15, 0.2) is 0 Å². The smallest absolute Gasteiger partial charge is 0.238 e. The SMILES string of the molecule is CN(C)C(=O)[C@H](N)CCC(N)=O. The summed E-state index contributed by atoms with van der Waals surface area (Å²) in [4.78, 5) is 22.8. The van der Waals surface area contributed by atoms with Gasteiger partial charge in [-0.1, -0.05) is 0 Å². The molecule has 0 spiro atoms. The first-order valence-corrected chi connectivity index (χ1v) is 3.70. The molecule has 0 radical (unpaired) electrons. The first kappa shape index (κ1) is 10.9. The van der Waals surface area contributed by atoms with Crippen molar-refractivity contribution < 1.29 is 9.59 Å². The van der Waals surface area contributed by atoms with Gasteiger partial charge in [-0.05, 0) is 6.42 Å². The summed E-state index contributed by atoms with van der Waals surface area (Å²) in [6, 6.07) is -0.618. The molecule has 0 aliphatic rings. The fourth-order valence-corrected chi connectivity index (χ4v) is 0.753. The fraction of sp³-hybridized carbons (Fsp3) is 0.714. The van der Waals surface area contributed by atoms with Crippen LogP contribution in [-0.4, -0.2) is 36.9 Å². The van der Waals surface area contributed by atoms with E-state index in [9.17, 15) is 9.59 Å². The van der Waals surface area contributed by atoms with Crippen LogP contribution in [0.4, 0.5) is 0 Å². The maximum absolute atomic E-state index is 11.1. The molecule has 1 atom stereocenters. The van der Waals surface area contributed by atoms with Gasteiger partial charge in [-0.15, -0.1) is 0 Å². The molecule has 0 rings (SSSR count). The summed E-state index contributed by atoms with van der Waals surface area (Å²) < 4.78 is 0. The molecular weight excluding hydrogens is 158 g/mol. The third kappa shape index (κ3) is 3.92. The largest absolute Gasteiger partial charge is 0.370 e. The Morgan fingerprint density at radius 1 is 1.42 bits per heavy atom. The van der Waals surface area contributed by atoms with Crippen LogP contribution in [0.1, 0.15) is 12.8 Å². The number of primary amides is 1. The van der Waals surface area contributed by atoms with E-state index in [1.165, 1.54) is 4.90 Å². The van der Waals surface area contributed by atoms with Crippen LogP contribution in [0.2, 0.25) is 0 Å². The van der Waals surface area contributed by atoms with Crippen molar-refractivity contribution >= 4 is 11.8 Å². The zero-order valence-corrected chi connectivity index (χ0v) is 7.41. The minimum Gasteiger partial charge on any atom is -0.370 e. The quantitative estimate of drug-likeness (QED) is 0.551. The van der Waals surface area contributed by atoms with E-state index in [4.69, 9.17) is 11.5 Å². The lowest BCUT2D eigenvalue weighted by Gasteiger charge is -2.15. The molecule has 2 amide bonds. The lowest BCUT2D eigenvalue weighted by molar-refractivity contribution is -0.130. The zero-order chi connectivity index (χ0) is 9.72. The summed E-state index contributed by atoms with van der Waals surface area (Å²) in [7, 11) is 3.24. The Morgan fingerprint density at radius 3 is 2.25 bits per heavy atom. The Balaban J connectivity index is 3.79. The number of rotatable bonds is 4. The van der Waals surface area contributed by atoms with Crippen molar-refractivity contribution in [3.05, 3.63) is 0 Å². The van der Waals surface area contributed by atoms with Crippen LogP contribution >= 0.6 is 0 Å². The number of amides is 2. The van der Waals surface area contributed by atoms with Gasteiger partial charge in [-0.25, -0.2) is 0 Å². The second-order valence-electron chi connectivity index (χ2n) is 2.84. The van der Waals surface area contributed by atoms with Crippen LogP contribution in [0.15, 0.2) is 0 Å². The normalized spacial score (nSPS) is 12.2. The molecule has 0 saturated heterocycles. The summed E-state index contributed by atoms with van der Waals surface area (Å²) in [5.41, 5.74) is 10.4. The molecule has 5 heteroatoms. The molecule has 0 aromatic rings. The average Bonchev–Trinajstić information content (AvgIpc) is 1.98. The molecule has 70 valence electrons. The van der Waals surface area contributed by atoms with Crippen molar-refractivity contribution in [3.63, 3.8) is 0 Å². The average molecular weight is 173 g/mol. The Morgan fingerprint density at radius 2 is 1.92 bits per heavy atom. The number of hydrogen-bond acceptors (Lipinski definition) is 3. The van der Waals surface area contributed by atoms with Crippen LogP contribution in [0.3, 0.4) is 0 Å². The van der Waals surface area contributed by atoms with E-state index in [-0.39, 0.29) is 12.3 Å². The van der Waals surface area contributed by atoms with Crippen LogP contribution in [-0.2, 0) is 9.59 Å². The van der Waals surface area contributed by atoms with Gasteiger partial charge in [0.25, 0.3) is 0 Å². The van der Waals surface area contributed by atoms with Gasteiger partial charge in [0, 0.05) is 20.5 Å². The minimum absolute atomic E-state index is 0.154. The van der Waals surface area contributed by atoms with Gasteiger partial charge in [0.05, 0.1) is 6.04 Å². The van der Waals surface area contributed by atoms with Crippen LogP contribution in [0.25, 0.3) is 0 Å². The van der Waals surface area contributed by atoms with Crippen LogP contribution in [0, 0.1) is 0 Å². The molecule has 0 aromatic heterocycles. The van der Waals surface area contributed by atoms with E-state index in [1.807, 2.05) is 0 Å². The molecule has 12 heavy (non-hydrogen) atoms. The van der Waals surface area contributed by atoms with Crippen molar-refractivity contribution in [3.8, 4) is 0 Å². The first-order chi connectivity index (χ1) is 5.45. The number of hydrogen-bond donors (Lipinski definition) is 2.